The van der Waals surface area contributed by atoms with Crippen molar-refractivity contribution in [3.63, 3.8) is 0 Å². The Morgan fingerprint density at radius 2 is 1.94 bits per heavy atom. The number of ether oxygens (including phenoxy) is 1. The number of hydrogen-bond donors (Lipinski definition) is 1. The van der Waals surface area contributed by atoms with Gasteiger partial charge in [-0.1, -0.05) is 42.6 Å². The zero-order valence-electron chi connectivity index (χ0n) is 11.1. The van der Waals surface area contributed by atoms with Crippen LogP contribution in [0.15, 0.2) is 16.6 Å². The topological polar surface area (TPSA) is 21.3 Å². The van der Waals surface area contributed by atoms with Gasteiger partial charge in [0.2, 0.25) is 0 Å². The average Bonchev–Trinajstić information content (AvgIpc) is 2.31. The highest BCUT2D eigenvalue weighted by Gasteiger charge is 2.10. The first-order chi connectivity index (χ1) is 8.12. The second-order valence-corrected chi connectivity index (χ2v) is 5.28. The van der Waals surface area contributed by atoms with Gasteiger partial charge in [0.25, 0.3) is 0 Å². The number of hydrogen-bond acceptors (Lipinski definition) is 2. The number of anilines is 1. The molecule has 0 aliphatic carbocycles. The largest absolute Gasteiger partial charge is 0.495 e. The molecule has 0 bridgehead atoms. The molecule has 0 spiro atoms. The molecule has 0 unspecified atom stereocenters. The van der Waals surface area contributed by atoms with E-state index in [4.69, 9.17) is 4.74 Å². The maximum absolute atomic E-state index is 5.41. The zero-order valence-corrected chi connectivity index (χ0v) is 12.7. The van der Waals surface area contributed by atoms with Crippen molar-refractivity contribution >= 4 is 21.6 Å². The quantitative estimate of drug-likeness (QED) is 0.828. The Labute approximate surface area is 113 Å². The molecule has 0 saturated carbocycles. The predicted octanol–water partition coefficient (Wildman–Crippen LogP) is 4.61. The Kier molecular flexibility index (Phi) is 5.83. The predicted molar refractivity (Wildman–Crippen MR) is 78.0 cm³/mol. The van der Waals surface area contributed by atoms with Crippen molar-refractivity contribution in [1.82, 2.24) is 0 Å². The minimum atomic E-state index is 0.725. The minimum absolute atomic E-state index is 0.725. The Bertz CT molecular complexity index is 361. The molecule has 96 valence electrons. The Morgan fingerprint density at radius 1 is 1.29 bits per heavy atom. The molecule has 0 aliphatic rings. The van der Waals surface area contributed by atoms with Gasteiger partial charge < -0.3 is 10.1 Å². The molecule has 0 radical (unpaired) electrons. The van der Waals surface area contributed by atoms with Crippen molar-refractivity contribution in [2.45, 2.75) is 33.6 Å². The summed E-state index contributed by atoms with van der Waals surface area (Å²) in [6.07, 6.45) is 2.42. The molecule has 1 N–H and O–H groups in total. The van der Waals surface area contributed by atoms with Crippen LogP contribution in [0.4, 0.5) is 5.69 Å². The van der Waals surface area contributed by atoms with Gasteiger partial charge in [-0.25, -0.2) is 0 Å². The van der Waals surface area contributed by atoms with Crippen LogP contribution in [0.2, 0.25) is 0 Å². The molecule has 0 heterocycles. The third kappa shape index (κ3) is 3.91. The third-order valence-corrected chi connectivity index (χ3v) is 3.66. The van der Waals surface area contributed by atoms with Gasteiger partial charge in [0.1, 0.15) is 5.75 Å². The van der Waals surface area contributed by atoms with Crippen LogP contribution in [0.1, 0.15) is 32.3 Å². The molecule has 1 aromatic rings. The minimum Gasteiger partial charge on any atom is -0.495 e. The molecule has 1 aromatic carbocycles. The fraction of sp³-hybridized carbons (Fsp3) is 0.571. The third-order valence-electron chi connectivity index (χ3n) is 3.21. The van der Waals surface area contributed by atoms with Crippen LogP contribution in [-0.4, -0.2) is 13.7 Å². The van der Waals surface area contributed by atoms with E-state index in [1.54, 1.807) is 7.11 Å². The second-order valence-electron chi connectivity index (χ2n) is 4.36. The smallest absolute Gasteiger partial charge is 0.143 e. The summed E-state index contributed by atoms with van der Waals surface area (Å²) in [6.45, 7) is 7.58. The maximum atomic E-state index is 5.41. The average molecular weight is 300 g/mol. The molecule has 0 saturated heterocycles. The molecule has 0 atom stereocenters. The van der Waals surface area contributed by atoms with Gasteiger partial charge in [-0.3, -0.25) is 0 Å². The lowest BCUT2D eigenvalue weighted by molar-refractivity contribution is 0.415. The molecule has 17 heavy (non-hydrogen) atoms. The van der Waals surface area contributed by atoms with Gasteiger partial charge in [-0.15, -0.1) is 0 Å². The normalized spacial score (nSPS) is 10.7. The number of rotatable bonds is 6. The first kappa shape index (κ1) is 14.4. The number of halogens is 1. The van der Waals surface area contributed by atoms with E-state index in [1.807, 2.05) is 6.07 Å². The zero-order chi connectivity index (χ0) is 12.8. The SMILES string of the molecule is CCC(CC)CNc1c(C)cc(Br)cc1OC. The molecular weight excluding hydrogens is 278 g/mol. The van der Waals surface area contributed by atoms with Crippen molar-refractivity contribution in [2.75, 3.05) is 19.0 Å². The molecule has 0 fully saturated rings. The van der Waals surface area contributed by atoms with E-state index in [2.05, 4.69) is 48.1 Å². The van der Waals surface area contributed by atoms with Gasteiger partial charge in [0.05, 0.1) is 12.8 Å². The molecular formula is C14H22BrNO. The molecule has 0 amide bonds. The van der Waals surface area contributed by atoms with Crippen molar-refractivity contribution in [1.29, 1.82) is 0 Å². The molecule has 3 heteroatoms. The van der Waals surface area contributed by atoms with Crippen LogP contribution in [0.25, 0.3) is 0 Å². The summed E-state index contributed by atoms with van der Waals surface area (Å²) in [6, 6.07) is 4.11. The molecule has 2 nitrogen and oxygen atoms in total. The van der Waals surface area contributed by atoms with Crippen molar-refractivity contribution < 1.29 is 4.74 Å². The summed E-state index contributed by atoms with van der Waals surface area (Å²) >= 11 is 3.49. The fourth-order valence-corrected chi connectivity index (χ4v) is 2.47. The standard InChI is InChI=1S/C14H22BrNO/c1-5-11(6-2)9-16-14-10(3)7-12(15)8-13(14)17-4/h7-8,11,16H,5-6,9H2,1-4H3. The van der Waals surface area contributed by atoms with E-state index >= 15 is 0 Å². The number of nitrogens with one attached hydrogen (secondary N) is 1. The van der Waals surface area contributed by atoms with E-state index in [9.17, 15) is 0 Å². The number of methoxy groups -OCH3 is 1. The summed E-state index contributed by atoms with van der Waals surface area (Å²) in [4.78, 5) is 0. The van der Waals surface area contributed by atoms with E-state index in [0.717, 1.165) is 28.4 Å². The highest BCUT2D eigenvalue weighted by molar-refractivity contribution is 9.10. The number of benzene rings is 1. The summed E-state index contributed by atoms with van der Waals surface area (Å²) in [7, 11) is 1.71. The first-order valence-corrected chi connectivity index (χ1v) is 6.99. The molecule has 0 aromatic heterocycles. The monoisotopic (exact) mass is 299 g/mol. The lowest BCUT2D eigenvalue weighted by Crippen LogP contribution is -2.14. The number of aryl methyl sites for hydroxylation is 1. The van der Waals surface area contributed by atoms with Crippen LogP contribution in [0.3, 0.4) is 0 Å². The van der Waals surface area contributed by atoms with E-state index in [-0.39, 0.29) is 0 Å². The van der Waals surface area contributed by atoms with Gasteiger partial charge in [-0.05, 0) is 30.5 Å². The lowest BCUT2D eigenvalue weighted by atomic mass is 10.0. The lowest BCUT2D eigenvalue weighted by Gasteiger charge is -2.18. The summed E-state index contributed by atoms with van der Waals surface area (Å²) in [5.41, 5.74) is 2.32. The highest BCUT2D eigenvalue weighted by atomic mass is 79.9. The van der Waals surface area contributed by atoms with Gasteiger partial charge in [0, 0.05) is 11.0 Å². The van der Waals surface area contributed by atoms with Crippen LogP contribution >= 0.6 is 15.9 Å². The molecule has 1 rings (SSSR count). The van der Waals surface area contributed by atoms with Crippen LogP contribution < -0.4 is 10.1 Å². The Hall–Kier alpha value is -0.700. The Balaban J connectivity index is 2.82. The van der Waals surface area contributed by atoms with Crippen molar-refractivity contribution in [3.8, 4) is 5.75 Å². The highest BCUT2D eigenvalue weighted by Crippen LogP contribution is 2.32. The second kappa shape index (κ2) is 6.90. The first-order valence-electron chi connectivity index (χ1n) is 6.20. The van der Waals surface area contributed by atoms with E-state index in [1.165, 1.54) is 18.4 Å². The molecule has 0 aliphatic heterocycles. The Morgan fingerprint density at radius 3 is 2.47 bits per heavy atom. The maximum Gasteiger partial charge on any atom is 0.143 e. The van der Waals surface area contributed by atoms with Crippen LogP contribution in [-0.2, 0) is 0 Å². The van der Waals surface area contributed by atoms with Crippen molar-refractivity contribution in [3.05, 3.63) is 22.2 Å². The van der Waals surface area contributed by atoms with Gasteiger partial charge in [0.15, 0.2) is 0 Å². The summed E-state index contributed by atoms with van der Waals surface area (Å²) < 4.78 is 6.47. The summed E-state index contributed by atoms with van der Waals surface area (Å²) in [5, 5.41) is 3.52. The fourth-order valence-electron chi connectivity index (χ4n) is 1.92. The van der Waals surface area contributed by atoms with Crippen LogP contribution in [0, 0.1) is 12.8 Å². The van der Waals surface area contributed by atoms with Gasteiger partial charge >= 0.3 is 0 Å². The summed E-state index contributed by atoms with van der Waals surface area (Å²) in [5.74, 6) is 1.63. The van der Waals surface area contributed by atoms with Crippen LogP contribution in [0.5, 0.6) is 5.75 Å². The van der Waals surface area contributed by atoms with E-state index < -0.39 is 0 Å². The van der Waals surface area contributed by atoms with Gasteiger partial charge in [-0.2, -0.15) is 0 Å². The van der Waals surface area contributed by atoms with E-state index in [0.29, 0.717) is 0 Å². The van der Waals surface area contributed by atoms with Crippen molar-refractivity contribution in [2.24, 2.45) is 5.92 Å².